The first-order valence-electron chi connectivity index (χ1n) is 10.4. The van der Waals surface area contributed by atoms with Gasteiger partial charge in [0, 0.05) is 16.8 Å². The maximum Gasteiger partial charge on any atom is 0.485 e. The molecule has 0 fully saturated rings. The summed E-state index contributed by atoms with van der Waals surface area (Å²) in [7, 11) is -6.29. The van der Waals surface area contributed by atoms with Gasteiger partial charge in [0.1, 0.15) is 11.2 Å². The molecule has 5 rings (SSSR count). The van der Waals surface area contributed by atoms with Crippen LogP contribution in [0.3, 0.4) is 0 Å². The lowest BCUT2D eigenvalue weighted by Gasteiger charge is -2.09. The molecular weight excluding hydrogens is 529 g/mol. The Morgan fingerprint density at radius 3 is 1.69 bits per heavy atom. The molecule has 4 aromatic carbocycles. The Morgan fingerprint density at radius 1 is 0.694 bits per heavy atom. The van der Waals surface area contributed by atoms with Crippen molar-refractivity contribution in [3.05, 3.63) is 108 Å². The zero-order valence-electron chi connectivity index (χ0n) is 18.3. The van der Waals surface area contributed by atoms with Crippen molar-refractivity contribution in [2.45, 2.75) is 20.2 Å². The first kappa shape index (κ1) is 25.9. The normalized spacial score (nSPS) is 11.9. The van der Waals surface area contributed by atoms with E-state index in [0.29, 0.717) is 0 Å². The summed E-state index contributed by atoms with van der Waals surface area (Å²) in [6, 6.07) is 35.7. The van der Waals surface area contributed by atoms with E-state index in [4.69, 9.17) is 29.6 Å². The molecule has 0 spiro atoms. The number of rotatable bonds is 3. The minimum Gasteiger partial charge on any atom is -0.741 e. The molecule has 0 saturated heterocycles. The Kier molecular flexibility index (Phi) is 7.51. The molecule has 0 bridgehead atoms. The first-order valence-corrected chi connectivity index (χ1v) is 13.4. The van der Waals surface area contributed by atoms with Crippen LogP contribution in [-0.4, -0.2) is 18.5 Å². The van der Waals surface area contributed by atoms with E-state index in [9.17, 15) is 13.2 Å². The second-order valence-electron chi connectivity index (χ2n) is 7.42. The molecule has 184 valence electrons. The third-order valence-electron chi connectivity index (χ3n) is 5.02. The lowest BCUT2D eigenvalue weighted by atomic mass is 10.1. The molecule has 0 unspecified atom stereocenters. The van der Waals surface area contributed by atoms with Gasteiger partial charge >= 0.3 is 5.51 Å². The Balaban J connectivity index is 0.000000331. The summed E-state index contributed by atoms with van der Waals surface area (Å²) < 4.78 is 65.9. The van der Waals surface area contributed by atoms with Crippen LogP contribution < -0.4 is 0 Å². The van der Waals surface area contributed by atoms with Gasteiger partial charge in [0.05, 0.1) is 15.4 Å². The van der Waals surface area contributed by atoms with E-state index in [-0.39, 0.29) is 10.9 Å². The highest BCUT2D eigenvalue weighted by molar-refractivity contribution is 7.97. The highest BCUT2D eigenvalue weighted by atomic mass is 32.2. The van der Waals surface area contributed by atoms with Gasteiger partial charge in [0.2, 0.25) is 0 Å². The number of para-hydroxylation sites is 1. The van der Waals surface area contributed by atoms with Crippen LogP contribution in [0.5, 0.6) is 0 Å². The van der Waals surface area contributed by atoms with Gasteiger partial charge in [-0.2, -0.15) is 13.2 Å². The molecule has 0 aliphatic heterocycles. The monoisotopic (exact) mass is 546 g/mol. The van der Waals surface area contributed by atoms with Gasteiger partial charge in [-0.15, -0.1) is 0 Å². The second kappa shape index (κ2) is 10.4. The van der Waals surface area contributed by atoms with Gasteiger partial charge in [0.15, 0.2) is 24.8 Å². The van der Waals surface area contributed by atoms with E-state index in [1.54, 1.807) is 0 Å². The summed E-state index contributed by atoms with van der Waals surface area (Å²) in [5, 5.41) is 1.98. The van der Waals surface area contributed by atoms with E-state index in [0.717, 1.165) is 26.4 Å². The molecule has 5 aromatic rings. The van der Waals surface area contributed by atoms with Gasteiger partial charge in [-0.25, -0.2) is 8.42 Å². The van der Waals surface area contributed by atoms with E-state index < -0.39 is 15.6 Å². The summed E-state index contributed by atoms with van der Waals surface area (Å²) in [4.78, 5) is 3.81. The van der Waals surface area contributed by atoms with E-state index in [1.807, 2.05) is 24.3 Å². The largest absolute Gasteiger partial charge is 0.741 e. The molecule has 0 atom stereocenters. The molecule has 1 heterocycles. The quantitative estimate of drug-likeness (QED) is 0.0772. The molecule has 10 heteroatoms. The molecule has 0 radical (unpaired) electrons. The van der Waals surface area contributed by atoms with Crippen molar-refractivity contribution in [3.8, 4) is 0 Å². The van der Waals surface area contributed by atoms with Crippen molar-refractivity contribution in [2.24, 2.45) is 0 Å². The summed E-state index contributed by atoms with van der Waals surface area (Å²) in [6.07, 6.45) is 0. The van der Waals surface area contributed by atoms with Crippen molar-refractivity contribution in [3.63, 3.8) is 0 Å². The SMILES string of the molecule is O=S(=O)([O-])C(F)(F)F.S=c1c2ccccc2oc2ccc([S+](c3ccccc3)c3ccccc3)cc12. The molecular formula is C26H17F3O4S3. The fourth-order valence-corrected chi connectivity index (χ4v) is 5.87. The Morgan fingerprint density at radius 2 is 1.17 bits per heavy atom. The molecule has 0 amide bonds. The fraction of sp³-hybridized carbons (Fsp3) is 0.0385. The molecule has 0 N–H and O–H groups in total. The molecule has 0 aliphatic rings. The number of halogens is 3. The number of hydrogen-bond acceptors (Lipinski definition) is 5. The highest BCUT2D eigenvalue weighted by Crippen LogP contribution is 2.34. The van der Waals surface area contributed by atoms with E-state index >= 15 is 0 Å². The van der Waals surface area contributed by atoms with Crippen molar-refractivity contribution >= 4 is 55.2 Å². The fourth-order valence-electron chi connectivity index (χ4n) is 3.43. The number of benzene rings is 4. The topological polar surface area (TPSA) is 70.3 Å². The van der Waals surface area contributed by atoms with Gasteiger partial charge in [-0.05, 0) is 48.5 Å². The lowest BCUT2D eigenvalue weighted by molar-refractivity contribution is -0.0517. The molecule has 36 heavy (non-hydrogen) atoms. The maximum atomic E-state index is 10.7. The predicted octanol–water partition coefficient (Wildman–Crippen LogP) is 7.46. The minimum absolute atomic E-state index is 0.201. The molecule has 0 saturated carbocycles. The molecule has 0 aliphatic carbocycles. The zero-order valence-corrected chi connectivity index (χ0v) is 20.8. The van der Waals surface area contributed by atoms with Crippen molar-refractivity contribution in [1.82, 2.24) is 0 Å². The van der Waals surface area contributed by atoms with Gasteiger partial charge in [0.25, 0.3) is 0 Å². The minimum atomic E-state index is -6.09. The predicted molar refractivity (Wildman–Crippen MR) is 135 cm³/mol. The summed E-state index contributed by atoms with van der Waals surface area (Å²) in [5.41, 5.74) is -3.98. The Hall–Kier alpha value is -3.18. The standard InChI is InChI=1S/C25H17OS2.CHF3O3S/c27-25-21-13-7-8-14-23(21)26-24-16-15-20(17-22(24)25)28(18-9-3-1-4-10-18)19-11-5-2-6-12-19;2-1(3,4)8(5,6)7/h1-17H;(H,5,6,7)/q+1;/p-1. The van der Waals surface area contributed by atoms with Crippen LogP contribution in [0.15, 0.2) is 122 Å². The molecule has 1 aromatic heterocycles. The van der Waals surface area contributed by atoms with Gasteiger partial charge < -0.3 is 8.97 Å². The van der Waals surface area contributed by atoms with E-state index in [1.165, 1.54) is 14.7 Å². The van der Waals surface area contributed by atoms with Crippen LogP contribution in [0, 0.1) is 4.51 Å². The van der Waals surface area contributed by atoms with Crippen molar-refractivity contribution in [2.75, 3.05) is 0 Å². The average molecular weight is 547 g/mol. The van der Waals surface area contributed by atoms with Crippen LogP contribution in [0.25, 0.3) is 21.9 Å². The summed E-state index contributed by atoms with van der Waals surface area (Å²) in [6.45, 7) is 0. The number of alkyl halides is 3. The van der Waals surface area contributed by atoms with Crippen LogP contribution in [0.2, 0.25) is 0 Å². The number of hydrogen-bond donors (Lipinski definition) is 0. The van der Waals surface area contributed by atoms with E-state index in [2.05, 4.69) is 78.9 Å². The smallest absolute Gasteiger partial charge is 0.485 e. The number of fused-ring (bicyclic) bond motifs is 2. The Bertz CT molecular complexity index is 1630. The maximum absolute atomic E-state index is 10.7. The molecule has 4 nitrogen and oxygen atoms in total. The lowest BCUT2D eigenvalue weighted by Crippen LogP contribution is -2.21. The summed E-state index contributed by atoms with van der Waals surface area (Å²) in [5.74, 6) is 0. The zero-order chi connectivity index (χ0) is 25.9. The third-order valence-corrected chi connectivity index (χ3v) is 8.24. The average Bonchev–Trinajstić information content (AvgIpc) is 2.85. The van der Waals surface area contributed by atoms with Gasteiger partial charge in [-0.1, -0.05) is 60.7 Å². The van der Waals surface area contributed by atoms with Crippen LogP contribution in [0.1, 0.15) is 0 Å². The summed E-state index contributed by atoms with van der Waals surface area (Å²) >= 11 is 5.82. The van der Waals surface area contributed by atoms with Crippen molar-refractivity contribution < 1.29 is 30.6 Å². The third kappa shape index (κ3) is 5.62. The van der Waals surface area contributed by atoms with Crippen molar-refractivity contribution in [1.29, 1.82) is 0 Å². The second-order valence-corrected chi connectivity index (χ2v) is 11.2. The Labute approximate surface area is 213 Å². The van der Waals surface area contributed by atoms with Crippen LogP contribution >= 0.6 is 12.2 Å². The van der Waals surface area contributed by atoms with Crippen LogP contribution in [0.4, 0.5) is 13.2 Å². The highest BCUT2D eigenvalue weighted by Gasteiger charge is 2.37. The first-order chi connectivity index (χ1) is 17.1. The van der Waals surface area contributed by atoms with Gasteiger partial charge in [-0.3, -0.25) is 0 Å². The van der Waals surface area contributed by atoms with Crippen LogP contribution in [-0.2, 0) is 21.0 Å².